The van der Waals surface area contributed by atoms with E-state index in [-0.39, 0.29) is 11.8 Å². The van der Waals surface area contributed by atoms with Crippen molar-refractivity contribution in [2.75, 3.05) is 12.4 Å². The smallest absolute Gasteiger partial charge is 0.265 e. The van der Waals surface area contributed by atoms with E-state index in [9.17, 15) is 9.59 Å². The number of para-hydroxylation sites is 2. The number of pyridine rings is 1. The Morgan fingerprint density at radius 1 is 1.16 bits per heavy atom. The molecule has 2 amide bonds. The van der Waals surface area contributed by atoms with Crippen LogP contribution in [0.2, 0.25) is 0 Å². The molecule has 0 fully saturated rings. The van der Waals surface area contributed by atoms with Gasteiger partial charge in [0.2, 0.25) is 0 Å². The minimum atomic E-state index is -0.769. The molecule has 0 unspecified atom stereocenters. The number of carbonyl (C=O) groups excluding carboxylic acids is 2. The Bertz CT molecular complexity index is 1110. The lowest BCUT2D eigenvalue weighted by atomic mass is 10.1. The molecule has 1 aliphatic rings. The van der Waals surface area contributed by atoms with Crippen molar-refractivity contribution in [1.29, 1.82) is 0 Å². The van der Waals surface area contributed by atoms with E-state index in [1.54, 1.807) is 38.6 Å². The van der Waals surface area contributed by atoms with E-state index in [1.807, 2.05) is 24.3 Å². The van der Waals surface area contributed by atoms with Crippen LogP contribution >= 0.6 is 11.3 Å². The minimum absolute atomic E-state index is 0.193. The first kappa shape index (κ1) is 21.8. The number of ether oxygens (including phenoxy) is 2. The van der Waals surface area contributed by atoms with Gasteiger partial charge >= 0.3 is 0 Å². The Morgan fingerprint density at radius 2 is 1.97 bits per heavy atom. The number of fused-ring (bicyclic) bond motifs is 1. The lowest BCUT2D eigenvalue weighted by molar-refractivity contribution is -0.122. The Hall–Kier alpha value is -3.39. The molecule has 1 aliphatic carbocycles. The molecule has 0 bridgehead atoms. The van der Waals surface area contributed by atoms with Crippen molar-refractivity contribution in [3.05, 3.63) is 70.4 Å². The van der Waals surface area contributed by atoms with Crippen LogP contribution in [-0.2, 0) is 24.2 Å². The summed E-state index contributed by atoms with van der Waals surface area (Å²) in [5.74, 6) is 0.525. The molecule has 4 rings (SSSR count). The van der Waals surface area contributed by atoms with Gasteiger partial charge < -0.3 is 20.1 Å². The van der Waals surface area contributed by atoms with Crippen LogP contribution in [0.25, 0.3) is 0 Å². The Kier molecular flexibility index (Phi) is 6.70. The van der Waals surface area contributed by atoms with Crippen LogP contribution in [0, 0.1) is 0 Å². The predicted molar refractivity (Wildman–Crippen MR) is 123 cm³/mol. The normalized spacial score (nSPS) is 13.2. The second-order valence-electron chi connectivity index (χ2n) is 7.51. The molecular formula is C24H25N3O4S. The number of aromatic nitrogens is 1. The van der Waals surface area contributed by atoms with Crippen LogP contribution in [0.3, 0.4) is 0 Å². The molecule has 1 aromatic carbocycles. The zero-order valence-corrected chi connectivity index (χ0v) is 18.8. The quantitative estimate of drug-likeness (QED) is 0.541. The van der Waals surface area contributed by atoms with Gasteiger partial charge in [0.1, 0.15) is 5.00 Å². The number of benzene rings is 1. The van der Waals surface area contributed by atoms with E-state index in [4.69, 9.17) is 9.47 Å². The van der Waals surface area contributed by atoms with Gasteiger partial charge in [0.05, 0.1) is 12.7 Å². The molecule has 8 heteroatoms. The van der Waals surface area contributed by atoms with Crippen molar-refractivity contribution >= 4 is 28.2 Å². The van der Waals surface area contributed by atoms with Gasteiger partial charge in [-0.3, -0.25) is 14.6 Å². The lowest BCUT2D eigenvalue weighted by Crippen LogP contribution is -2.31. The molecule has 2 N–H and O–H groups in total. The molecule has 1 atom stereocenters. The van der Waals surface area contributed by atoms with E-state index < -0.39 is 6.10 Å². The molecule has 7 nitrogen and oxygen atoms in total. The lowest BCUT2D eigenvalue weighted by Gasteiger charge is -2.17. The largest absolute Gasteiger partial charge is 0.493 e. The Labute approximate surface area is 190 Å². The van der Waals surface area contributed by atoms with Gasteiger partial charge in [-0.15, -0.1) is 11.3 Å². The molecule has 0 radical (unpaired) electrons. The SMILES string of the molecule is COc1ccccc1O[C@@H](C)C(=O)Nc1sc2c(c1C(=O)NCc1cccnc1)CCC2. The number of nitrogens with zero attached hydrogens (tertiary/aromatic N) is 1. The highest BCUT2D eigenvalue weighted by atomic mass is 32.1. The van der Waals surface area contributed by atoms with Crippen molar-refractivity contribution < 1.29 is 19.1 Å². The minimum Gasteiger partial charge on any atom is -0.493 e. The molecule has 166 valence electrons. The van der Waals surface area contributed by atoms with E-state index in [0.717, 1.165) is 35.3 Å². The van der Waals surface area contributed by atoms with Gasteiger partial charge in [-0.05, 0) is 55.5 Å². The maximum absolute atomic E-state index is 13.1. The van der Waals surface area contributed by atoms with Crippen molar-refractivity contribution in [3.63, 3.8) is 0 Å². The fraction of sp³-hybridized carbons (Fsp3) is 0.292. The third-order valence-electron chi connectivity index (χ3n) is 5.30. The van der Waals surface area contributed by atoms with Crippen LogP contribution < -0.4 is 20.1 Å². The first-order valence-corrected chi connectivity index (χ1v) is 11.3. The summed E-state index contributed by atoms with van der Waals surface area (Å²) in [5, 5.41) is 6.44. The molecular weight excluding hydrogens is 426 g/mol. The highest BCUT2D eigenvalue weighted by Crippen LogP contribution is 2.39. The number of anilines is 1. The zero-order valence-electron chi connectivity index (χ0n) is 18.0. The summed E-state index contributed by atoms with van der Waals surface area (Å²) < 4.78 is 11.1. The van der Waals surface area contributed by atoms with Gasteiger partial charge in [0.25, 0.3) is 11.8 Å². The first-order valence-electron chi connectivity index (χ1n) is 10.5. The maximum Gasteiger partial charge on any atom is 0.265 e. The predicted octanol–water partition coefficient (Wildman–Crippen LogP) is 3.98. The number of aryl methyl sites for hydroxylation is 1. The molecule has 2 heterocycles. The van der Waals surface area contributed by atoms with E-state index in [2.05, 4.69) is 15.6 Å². The third-order valence-corrected chi connectivity index (χ3v) is 6.51. The summed E-state index contributed by atoms with van der Waals surface area (Å²) in [6.07, 6.45) is 5.42. The van der Waals surface area contributed by atoms with E-state index in [1.165, 1.54) is 11.3 Å². The molecule has 0 spiro atoms. The molecule has 0 saturated carbocycles. The van der Waals surface area contributed by atoms with Gasteiger partial charge in [-0.25, -0.2) is 0 Å². The topological polar surface area (TPSA) is 89.5 Å². The second kappa shape index (κ2) is 9.82. The monoisotopic (exact) mass is 451 g/mol. The number of methoxy groups -OCH3 is 1. The van der Waals surface area contributed by atoms with Crippen LogP contribution in [0.5, 0.6) is 11.5 Å². The third kappa shape index (κ3) is 4.75. The summed E-state index contributed by atoms with van der Waals surface area (Å²) in [7, 11) is 1.55. The van der Waals surface area contributed by atoms with Crippen molar-refractivity contribution in [2.24, 2.45) is 0 Å². The summed E-state index contributed by atoms with van der Waals surface area (Å²) in [6.45, 7) is 2.04. The fourth-order valence-electron chi connectivity index (χ4n) is 3.68. The Balaban J connectivity index is 1.48. The average Bonchev–Trinajstić information content (AvgIpc) is 3.39. The zero-order chi connectivity index (χ0) is 22.5. The molecule has 32 heavy (non-hydrogen) atoms. The summed E-state index contributed by atoms with van der Waals surface area (Å²) in [4.78, 5) is 31.2. The number of nitrogens with one attached hydrogen (secondary N) is 2. The van der Waals surface area contributed by atoms with Crippen molar-refractivity contribution in [1.82, 2.24) is 10.3 Å². The number of carbonyl (C=O) groups is 2. The van der Waals surface area contributed by atoms with E-state index in [0.29, 0.717) is 28.6 Å². The van der Waals surface area contributed by atoms with Gasteiger partial charge in [-0.1, -0.05) is 18.2 Å². The van der Waals surface area contributed by atoms with Crippen molar-refractivity contribution in [3.8, 4) is 11.5 Å². The molecule has 2 aromatic heterocycles. The number of rotatable bonds is 8. The van der Waals surface area contributed by atoms with Gasteiger partial charge in [-0.2, -0.15) is 0 Å². The summed E-state index contributed by atoms with van der Waals surface area (Å²) >= 11 is 1.47. The highest BCUT2D eigenvalue weighted by molar-refractivity contribution is 7.17. The first-order chi connectivity index (χ1) is 15.6. The van der Waals surface area contributed by atoms with Crippen molar-refractivity contribution in [2.45, 2.75) is 38.8 Å². The molecule has 3 aromatic rings. The Morgan fingerprint density at radius 3 is 2.72 bits per heavy atom. The standard InChI is InChI=1S/C24H25N3O4S/c1-15(31-19-10-4-3-9-18(19)30-2)22(28)27-24-21(17-8-5-11-20(17)32-24)23(29)26-14-16-7-6-12-25-13-16/h3-4,6-7,9-10,12-13,15H,5,8,11,14H2,1-2H3,(H,26,29)(H,27,28)/t15-/m0/s1. The molecule has 0 aliphatic heterocycles. The second-order valence-corrected chi connectivity index (χ2v) is 8.61. The van der Waals surface area contributed by atoms with Crippen LogP contribution in [0.15, 0.2) is 48.8 Å². The van der Waals surface area contributed by atoms with Gasteiger partial charge in [0.15, 0.2) is 17.6 Å². The number of amides is 2. The average molecular weight is 452 g/mol. The van der Waals surface area contributed by atoms with Crippen LogP contribution in [0.4, 0.5) is 5.00 Å². The fourth-order valence-corrected chi connectivity index (χ4v) is 4.97. The molecule has 0 saturated heterocycles. The maximum atomic E-state index is 13.1. The van der Waals surface area contributed by atoms with E-state index >= 15 is 0 Å². The summed E-state index contributed by atoms with van der Waals surface area (Å²) in [6, 6.07) is 10.9. The van der Waals surface area contributed by atoms with Crippen LogP contribution in [-0.4, -0.2) is 30.0 Å². The number of thiophene rings is 1. The highest BCUT2D eigenvalue weighted by Gasteiger charge is 2.28. The number of hydrogen-bond acceptors (Lipinski definition) is 6. The number of hydrogen-bond donors (Lipinski definition) is 2. The van der Waals surface area contributed by atoms with Crippen LogP contribution in [0.1, 0.15) is 39.7 Å². The van der Waals surface area contributed by atoms with Gasteiger partial charge in [0, 0.05) is 23.8 Å². The summed E-state index contributed by atoms with van der Waals surface area (Å²) in [5.41, 5.74) is 2.51.